The Hall–Kier alpha value is -4.78. The first-order chi connectivity index (χ1) is 33.3. The molecular formula is C56H76F2N2O8. The number of benzene rings is 3. The van der Waals surface area contributed by atoms with Crippen molar-refractivity contribution in [2.45, 2.75) is 154 Å². The highest BCUT2D eigenvalue weighted by Crippen LogP contribution is 2.62. The largest absolute Gasteiger partial charge is 0.489 e. The second-order valence-electron chi connectivity index (χ2n) is 18.6. The van der Waals surface area contributed by atoms with E-state index in [4.69, 9.17) is 28.9 Å². The SMILES string of the molecule is C=CCO[C@@]12Oc3ccc(OCc4ccccc4F)cc3[C@H]3[C@H](CCCCO)[C@@H](CCCCO)C=C(C(=NOCC)C[C@@H]1N(Cc1ccc(F)cc1)C(=O)OCCCCCCCCCCCC)[C@H]32. The zero-order valence-electron chi connectivity index (χ0n) is 40.6. The lowest BCUT2D eigenvalue weighted by Crippen LogP contribution is -2.70. The number of fused-ring (bicyclic) bond motifs is 2. The van der Waals surface area contributed by atoms with Gasteiger partial charge in [0.05, 0.1) is 24.8 Å². The van der Waals surface area contributed by atoms with E-state index in [1.54, 1.807) is 41.3 Å². The fourth-order valence-electron chi connectivity index (χ4n) is 10.6. The smallest absolute Gasteiger partial charge is 0.410 e. The van der Waals surface area contributed by atoms with Gasteiger partial charge >= 0.3 is 6.09 Å². The second kappa shape index (κ2) is 27.4. The Kier molecular flexibility index (Phi) is 21.2. The molecule has 1 heterocycles. The number of amides is 1. The topological polar surface area (TPSA) is 119 Å². The number of aliphatic hydroxyl groups is 2. The number of ether oxygens (including phenoxy) is 4. The van der Waals surface area contributed by atoms with Crippen molar-refractivity contribution in [1.29, 1.82) is 0 Å². The number of unbranched alkanes of at least 4 members (excludes halogenated alkanes) is 11. The van der Waals surface area contributed by atoms with Gasteiger partial charge in [0, 0.05) is 43.2 Å². The quantitative estimate of drug-likeness (QED) is 0.0385. The third kappa shape index (κ3) is 13.7. The van der Waals surface area contributed by atoms with Crippen molar-refractivity contribution in [3.8, 4) is 11.5 Å². The van der Waals surface area contributed by atoms with Crippen LogP contribution in [-0.2, 0) is 27.5 Å². The Bertz CT molecular complexity index is 2080. The van der Waals surface area contributed by atoms with Crippen molar-refractivity contribution < 1.29 is 47.6 Å². The number of hydrogen-bond donors (Lipinski definition) is 2. The van der Waals surface area contributed by atoms with E-state index in [0.717, 1.165) is 62.5 Å². The number of carbonyl (C=O) groups is 1. The first kappa shape index (κ1) is 52.6. The van der Waals surface area contributed by atoms with Gasteiger partial charge < -0.3 is 34.0 Å². The Morgan fingerprint density at radius 1 is 0.882 bits per heavy atom. The molecule has 1 aliphatic heterocycles. The normalized spacial score (nSPS) is 22.1. The molecule has 6 atom stereocenters. The summed E-state index contributed by atoms with van der Waals surface area (Å²) >= 11 is 0. The molecule has 3 aliphatic rings. The fourth-order valence-corrected chi connectivity index (χ4v) is 10.6. The van der Waals surface area contributed by atoms with Crippen LogP contribution in [0.1, 0.15) is 146 Å². The Morgan fingerprint density at radius 3 is 2.28 bits per heavy atom. The minimum absolute atomic E-state index is 0.00824. The van der Waals surface area contributed by atoms with Crippen LogP contribution >= 0.6 is 0 Å². The third-order valence-electron chi connectivity index (χ3n) is 13.9. The van der Waals surface area contributed by atoms with Crippen LogP contribution in [0.5, 0.6) is 11.5 Å². The van der Waals surface area contributed by atoms with Gasteiger partial charge in [-0.1, -0.05) is 125 Å². The van der Waals surface area contributed by atoms with Gasteiger partial charge in [0.25, 0.3) is 0 Å². The Labute approximate surface area is 403 Å². The van der Waals surface area contributed by atoms with Crippen molar-refractivity contribution in [3.63, 3.8) is 0 Å². The molecule has 68 heavy (non-hydrogen) atoms. The summed E-state index contributed by atoms with van der Waals surface area (Å²) in [7, 11) is 0. The van der Waals surface area contributed by atoms with Gasteiger partial charge in [0.1, 0.15) is 42.4 Å². The van der Waals surface area contributed by atoms with Crippen LogP contribution < -0.4 is 9.47 Å². The number of carbonyl (C=O) groups excluding carboxylic acids is 1. The zero-order valence-corrected chi connectivity index (χ0v) is 40.6. The zero-order chi connectivity index (χ0) is 48.1. The van der Waals surface area contributed by atoms with Crippen LogP contribution in [0.15, 0.2) is 96.2 Å². The van der Waals surface area contributed by atoms with Crippen LogP contribution in [0.4, 0.5) is 13.6 Å². The van der Waals surface area contributed by atoms with Crippen molar-refractivity contribution >= 4 is 11.8 Å². The molecular weight excluding hydrogens is 867 g/mol. The number of hydrogen-bond acceptors (Lipinski definition) is 9. The first-order valence-electron chi connectivity index (χ1n) is 25.5. The summed E-state index contributed by atoms with van der Waals surface area (Å²) in [5.74, 6) is -1.96. The maximum Gasteiger partial charge on any atom is 0.410 e. The average molecular weight is 943 g/mol. The summed E-state index contributed by atoms with van der Waals surface area (Å²) in [6.07, 6.45) is 19.5. The standard InChI is InChI=1S/C56H76F2N2O8/c1-4-7-8-9-10-11-12-13-14-21-35-64-55(63)60(39-41-26-28-44(57)29-27-41)52-38-50(59-67-6-3)47-36-42(22-17-19-32-61)46(24-18-20-33-62)53-48-37-45(65-40-43-23-15-16-25-49(43)58)30-31-51(48)68-56(52,54(47)53)66-34-5-2/h5,15-16,23,25-31,36-37,42,46,52-54,61-62H,2,4,6-14,17-22,24,32-35,38-40H2,1,3H3/t42-,46+,52-,53+,54+,56+/m0/s1. The number of rotatable bonds is 30. The summed E-state index contributed by atoms with van der Waals surface area (Å²) in [6, 6.07) is 17.5. The van der Waals surface area contributed by atoms with Gasteiger partial charge in [-0.2, -0.15) is 0 Å². The van der Waals surface area contributed by atoms with Crippen LogP contribution in [0.2, 0.25) is 0 Å². The molecule has 0 spiro atoms. The summed E-state index contributed by atoms with van der Waals surface area (Å²) in [6.45, 7) is 9.04. The minimum Gasteiger partial charge on any atom is -0.489 e. The number of nitrogens with zero attached hydrogens (tertiary/aromatic N) is 2. The Balaban J connectivity index is 1.44. The first-order valence-corrected chi connectivity index (χ1v) is 25.5. The highest BCUT2D eigenvalue weighted by Gasteiger charge is 2.65. The molecule has 3 aromatic carbocycles. The summed E-state index contributed by atoms with van der Waals surface area (Å²) in [4.78, 5) is 22.5. The van der Waals surface area contributed by atoms with E-state index in [1.165, 1.54) is 56.7 Å². The molecule has 10 nitrogen and oxygen atoms in total. The van der Waals surface area contributed by atoms with Crippen molar-refractivity contribution in [1.82, 2.24) is 4.90 Å². The molecule has 0 radical (unpaired) electrons. The maximum atomic E-state index is 14.9. The predicted octanol–water partition coefficient (Wildman–Crippen LogP) is 12.8. The molecule has 0 saturated heterocycles. The van der Waals surface area contributed by atoms with Gasteiger partial charge in [-0.3, -0.25) is 4.90 Å². The lowest BCUT2D eigenvalue weighted by Gasteiger charge is -2.59. The van der Waals surface area contributed by atoms with E-state index in [-0.39, 0.29) is 75.4 Å². The van der Waals surface area contributed by atoms with E-state index in [1.807, 2.05) is 25.1 Å². The summed E-state index contributed by atoms with van der Waals surface area (Å²) in [5.41, 5.74) is 3.58. The van der Waals surface area contributed by atoms with Gasteiger partial charge in [-0.25, -0.2) is 13.6 Å². The molecule has 2 N–H and O–H groups in total. The predicted molar refractivity (Wildman–Crippen MR) is 262 cm³/mol. The van der Waals surface area contributed by atoms with Crippen LogP contribution in [0.25, 0.3) is 0 Å². The molecule has 1 saturated carbocycles. The number of aliphatic hydroxyl groups excluding tert-OH is 2. The van der Waals surface area contributed by atoms with E-state index in [9.17, 15) is 23.8 Å². The van der Waals surface area contributed by atoms with E-state index in [0.29, 0.717) is 47.8 Å². The number of oxime groups is 1. The second-order valence-corrected chi connectivity index (χ2v) is 18.6. The molecule has 372 valence electrons. The van der Waals surface area contributed by atoms with E-state index < -0.39 is 23.8 Å². The summed E-state index contributed by atoms with van der Waals surface area (Å²) in [5, 5.41) is 24.7. The third-order valence-corrected chi connectivity index (χ3v) is 13.9. The van der Waals surface area contributed by atoms with E-state index in [2.05, 4.69) is 19.6 Å². The van der Waals surface area contributed by atoms with Gasteiger partial charge in [-0.05, 0) is 98.4 Å². The minimum atomic E-state index is -1.51. The van der Waals surface area contributed by atoms with Crippen LogP contribution in [0.3, 0.4) is 0 Å². The van der Waals surface area contributed by atoms with Crippen LogP contribution in [0, 0.1) is 29.4 Å². The van der Waals surface area contributed by atoms with Gasteiger partial charge in [0.15, 0.2) is 0 Å². The molecule has 1 fully saturated rings. The highest BCUT2D eigenvalue weighted by molar-refractivity contribution is 6.03. The van der Waals surface area contributed by atoms with Crippen LogP contribution in [-0.4, -0.2) is 71.8 Å². The van der Waals surface area contributed by atoms with Crippen molar-refractivity contribution in [3.05, 3.63) is 119 Å². The molecule has 6 rings (SSSR count). The molecule has 0 unspecified atom stereocenters. The molecule has 12 heteroatoms. The van der Waals surface area contributed by atoms with Gasteiger partial charge in [0.2, 0.25) is 5.79 Å². The van der Waals surface area contributed by atoms with Crippen molar-refractivity contribution in [2.75, 3.05) is 33.0 Å². The maximum absolute atomic E-state index is 14.9. The lowest BCUT2D eigenvalue weighted by atomic mass is 9.55. The average Bonchev–Trinajstić information content (AvgIpc) is 3.35. The molecule has 2 aliphatic carbocycles. The molecule has 1 amide bonds. The number of allylic oxidation sites excluding steroid dienone is 1. The fraction of sp³-hybridized carbons (Fsp3) is 0.571. The van der Waals surface area contributed by atoms with E-state index >= 15 is 0 Å². The monoisotopic (exact) mass is 943 g/mol. The highest BCUT2D eigenvalue weighted by atomic mass is 19.1. The molecule has 0 aromatic heterocycles. The summed E-state index contributed by atoms with van der Waals surface area (Å²) < 4.78 is 56.2. The van der Waals surface area contributed by atoms with Crippen molar-refractivity contribution in [2.24, 2.45) is 22.9 Å². The molecule has 0 bridgehead atoms. The lowest BCUT2D eigenvalue weighted by molar-refractivity contribution is -0.256. The number of halogens is 2. The molecule has 3 aromatic rings. The van der Waals surface area contributed by atoms with Gasteiger partial charge in [-0.15, -0.1) is 6.58 Å². The Morgan fingerprint density at radius 2 is 1.59 bits per heavy atom.